The van der Waals surface area contributed by atoms with Gasteiger partial charge in [-0.3, -0.25) is 0 Å². The van der Waals surface area contributed by atoms with Crippen LogP contribution in [-0.4, -0.2) is 38.2 Å². The normalized spacial score (nSPS) is 10.4. The van der Waals surface area contributed by atoms with E-state index in [4.69, 9.17) is 18.9 Å². The molecule has 0 aliphatic heterocycles. The van der Waals surface area contributed by atoms with Gasteiger partial charge in [0.25, 0.3) is 0 Å². The van der Waals surface area contributed by atoms with Crippen molar-refractivity contribution in [3.05, 3.63) is 59.7 Å². The molecule has 24 heavy (non-hydrogen) atoms. The Labute approximate surface area is 140 Å². The second-order valence-electron chi connectivity index (χ2n) is 4.85. The first-order valence-electron chi connectivity index (χ1n) is 7.45. The quantitative estimate of drug-likeness (QED) is 0.329. The Morgan fingerprint density at radius 3 is 2.58 bits per heavy atom. The molecule has 0 aliphatic rings. The molecule has 0 fully saturated rings. The van der Waals surface area contributed by atoms with Crippen molar-refractivity contribution in [2.75, 3.05) is 27.1 Å². The van der Waals surface area contributed by atoms with Crippen LogP contribution in [0.2, 0.25) is 0 Å². The minimum Gasteiger partial charge on any atom is -0.467 e. The van der Waals surface area contributed by atoms with Gasteiger partial charge in [0.05, 0.1) is 25.4 Å². The molecular weight excluding hydrogens is 312 g/mol. The van der Waals surface area contributed by atoms with E-state index in [0.29, 0.717) is 35.8 Å². The van der Waals surface area contributed by atoms with E-state index in [9.17, 15) is 9.90 Å². The highest BCUT2D eigenvalue weighted by atomic mass is 16.7. The molecular formula is C18H20O6. The molecule has 1 N–H and O–H groups in total. The van der Waals surface area contributed by atoms with Crippen molar-refractivity contribution in [2.24, 2.45) is 0 Å². The van der Waals surface area contributed by atoms with Gasteiger partial charge in [0.1, 0.15) is 11.5 Å². The highest BCUT2D eigenvalue weighted by Crippen LogP contribution is 2.25. The van der Waals surface area contributed by atoms with E-state index in [-0.39, 0.29) is 13.4 Å². The second kappa shape index (κ2) is 9.67. The van der Waals surface area contributed by atoms with Crippen molar-refractivity contribution in [3.63, 3.8) is 0 Å². The van der Waals surface area contributed by atoms with Crippen molar-refractivity contribution in [1.29, 1.82) is 0 Å². The van der Waals surface area contributed by atoms with Crippen LogP contribution in [0.5, 0.6) is 11.5 Å². The molecule has 0 heterocycles. The zero-order chi connectivity index (χ0) is 17.2. The summed E-state index contributed by atoms with van der Waals surface area (Å²) in [6.07, 6.45) is 0. The Morgan fingerprint density at radius 2 is 1.88 bits per heavy atom. The minimum atomic E-state index is -0.462. The van der Waals surface area contributed by atoms with Gasteiger partial charge < -0.3 is 24.1 Å². The summed E-state index contributed by atoms with van der Waals surface area (Å²) in [4.78, 5) is 12.0. The van der Waals surface area contributed by atoms with Crippen LogP contribution < -0.4 is 9.47 Å². The first-order chi connectivity index (χ1) is 11.7. The standard InChI is InChI=1S/C18H20O6/c1-21-9-10-22-13-23-17-8-7-16(11-15(17)12-19)24-18(20)14-5-3-2-4-6-14/h2-8,11,19H,9-10,12-13H2,1H3. The third-order valence-corrected chi connectivity index (χ3v) is 3.15. The van der Waals surface area contributed by atoms with Crippen LogP contribution in [0.3, 0.4) is 0 Å². The molecule has 0 aromatic heterocycles. The number of esters is 1. The summed E-state index contributed by atoms with van der Waals surface area (Å²) in [6, 6.07) is 13.5. The van der Waals surface area contributed by atoms with Gasteiger partial charge in [-0.15, -0.1) is 0 Å². The number of carbonyl (C=O) groups excluding carboxylic acids is 1. The number of aliphatic hydroxyl groups is 1. The molecule has 128 valence electrons. The number of hydrogen-bond donors (Lipinski definition) is 1. The predicted molar refractivity (Wildman–Crippen MR) is 87.1 cm³/mol. The number of ether oxygens (including phenoxy) is 4. The smallest absolute Gasteiger partial charge is 0.343 e. The van der Waals surface area contributed by atoms with Crippen LogP contribution in [0.1, 0.15) is 15.9 Å². The fraction of sp³-hybridized carbons (Fsp3) is 0.278. The molecule has 0 saturated carbocycles. The summed E-state index contributed by atoms with van der Waals surface area (Å²) >= 11 is 0. The Bertz CT molecular complexity index is 641. The maximum Gasteiger partial charge on any atom is 0.343 e. The van der Waals surface area contributed by atoms with Crippen molar-refractivity contribution in [1.82, 2.24) is 0 Å². The number of carbonyl (C=O) groups is 1. The average Bonchev–Trinajstić information content (AvgIpc) is 2.63. The highest BCUT2D eigenvalue weighted by Gasteiger charge is 2.10. The maximum absolute atomic E-state index is 12.0. The first-order valence-corrected chi connectivity index (χ1v) is 7.45. The lowest BCUT2D eigenvalue weighted by atomic mass is 10.2. The topological polar surface area (TPSA) is 74.2 Å². The van der Waals surface area contributed by atoms with E-state index in [0.717, 1.165) is 0 Å². The predicted octanol–water partition coefficient (Wildman–Crippen LogP) is 2.40. The van der Waals surface area contributed by atoms with Crippen LogP contribution >= 0.6 is 0 Å². The zero-order valence-corrected chi connectivity index (χ0v) is 13.4. The van der Waals surface area contributed by atoms with Gasteiger partial charge in [-0.25, -0.2) is 4.79 Å². The summed E-state index contributed by atoms with van der Waals surface area (Å²) < 4.78 is 20.8. The van der Waals surface area contributed by atoms with Crippen molar-refractivity contribution in [2.45, 2.75) is 6.61 Å². The molecule has 6 heteroatoms. The van der Waals surface area contributed by atoms with Crippen molar-refractivity contribution >= 4 is 5.97 Å². The largest absolute Gasteiger partial charge is 0.467 e. The van der Waals surface area contributed by atoms with Crippen LogP contribution in [-0.2, 0) is 16.1 Å². The molecule has 0 atom stereocenters. The Morgan fingerprint density at radius 1 is 1.08 bits per heavy atom. The summed E-state index contributed by atoms with van der Waals surface area (Å²) in [5.41, 5.74) is 0.957. The molecule has 0 spiro atoms. The van der Waals surface area contributed by atoms with E-state index in [1.165, 1.54) is 0 Å². The van der Waals surface area contributed by atoms with Crippen LogP contribution in [0, 0.1) is 0 Å². The molecule has 2 aromatic rings. The molecule has 0 unspecified atom stereocenters. The number of benzene rings is 2. The highest BCUT2D eigenvalue weighted by molar-refractivity contribution is 5.91. The first kappa shape index (κ1) is 17.9. The van der Waals surface area contributed by atoms with Gasteiger partial charge >= 0.3 is 5.97 Å². The Kier molecular flexibility index (Phi) is 7.22. The summed E-state index contributed by atoms with van der Waals surface area (Å²) in [7, 11) is 1.59. The van der Waals surface area contributed by atoms with Crippen molar-refractivity contribution < 1.29 is 28.8 Å². The number of methoxy groups -OCH3 is 1. The molecule has 2 aromatic carbocycles. The number of hydrogen-bond acceptors (Lipinski definition) is 6. The molecule has 0 radical (unpaired) electrons. The lowest BCUT2D eigenvalue weighted by Gasteiger charge is -2.12. The molecule has 0 aliphatic carbocycles. The van der Waals surface area contributed by atoms with Crippen molar-refractivity contribution in [3.8, 4) is 11.5 Å². The average molecular weight is 332 g/mol. The molecule has 0 amide bonds. The lowest BCUT2D eigenvalue weighted by Crippen LogP contribution is -2.10. The second-order valence-corrected chi connectivity index (χ2v) is 4.85. The Balaban J connectivity index is 1.96. The van der Waals surface area contributed by atoms with Crippen LogP contribution in [0.4, 0.5) is 0 Å². The monoisotopic (exact) mass is 332 g/mol. The van der Waals surface area contributed by atoms with E-state index in [2.05, 4.69) is 0 Å². The summed E-state index contributed by atoms with van der Waals surface area (Å²) in [5, 5.41) is 9.45. The SMILES string of the molecule is COCCOCOc1ccc(OC(=O)c2ccccc2)cc1CO. The molecule has 6 nitrogen and oxygen atoms in total. The number of aliphatic hydroxyl groups excluding tert-OH is 1. The van der Waals surface area contributed by atoms with Gasteiger partial charge in [-0.1, -0.05) is 18.2 Å². The zero-order valence-electron chi connectivity index (χ0n) is 13.4. The molecule has 0 bridgehead atoms. The summed E-state index contributed by atoms with van der Waals surface area (Å²) in [6.45, 7) is 0.686. The fourth-order valence-corrected chi connectivity index (χ4v) is 1.93. The third-order valence-electron chi connectivity index (χ3n) is 3.15. The molecule has 0 saturated heterocycles. The van der Waals surface area contributed by atoms with Gasteiger partial charge in [-0.2, -0.15) is 0 Å². The van der Waals surface area contributed by atoms with Gasteiger partial charge in [0, 0.05) is 12.7 Å². The lowest BCUT2D eigenvalue weighted by molar-refractivity contribution is -0.00930. The van der Waals surface area contributed by atoms with Gasteiger partial charge in [0.2, 0.25) is 0 Å². The van der Waals surface area contributed by atoms with E-state index in [1.54, 1.807) is 49.6 Å². The third kappa shape index (κ3) is 5.34. The minimum absolute atomic E-state index is 0.0412. The van der Waals surface area contributed by atoms with E-state index < -0.39 is 5.97 Å². The van der Waals surface area contributed by atoms with Gasteiger partial charge in [0.15, 0.2) is 6.79 Å². The fourth-order valence-electron chi connectivity index (χ4n) is 1.93. The Hall–Kier alpha value is -2.41. The number of rotatable bonds is 9. The molecule has 2 rings (SSSR count). The van der Waals surface area contributed by atoms with Crippen LogP contribution in [0.25, 0.3) is 0 Å². The van der Waals surface area contributed by atoms with E-state index >= 15 is 0 Å². The van der Waals surface area contributed by atoms with Crippen LogP contribution in [0.15, 0.2) is 48.5 Å². The summed E-state index contributed by atoms with van der Waals surface area (Å²) in [5.74, 6) is 0.339. The maximum atomic E-state index is 12.0. The van der Waals surface area contributed by atoms with E-state index in [1.807, 2.05) is 6.07 Å². The van der Waals surface area contributed by atoms with Gasteiger partial charge in [-0.05, 0) is 30.3 Å².